The number of para-hydroxylation sites is 2. The van der Waals surface area contributed by atoms with E-state index in [-0.39, 0.29) is 0 Å². The van der Waals surface area contributed by atoms with Gasteiger partial charge in [0.15, 0.2) is 0 Å². The molecule has 0 saturated heterocycles. The lowest BCUT2D eigenvalue weighted by Crippen LogP contribution is -2.05. The fraction of sp³-hybridized carbons (Fsp3) is 0.167. The van der Waals surface area contributed by atoms with Crippen LogP contribution in [0.25, 0.3) is 5.69 Å². The minimum atomic E-state index is 0.806. The number of aromatic nitrogens is 2. The maximum Gasteiger partial charge on any atom is 0.0876 e. The summed E-state index contributed by atoms with van der Waals surface area (Å²) in [6.45, 7) is 5.07. The normalized spacial score (nSPS) is 10.6. The smallest absolute Gasteiger partial charge is 0.0876 e. The van der Waals surface area contributed by atoms with Crippen LogP contribution < -0.4 is 5.32 Å². The number of rotatable bonds is 4. The summed E-state index contributed by atoms with van der Waals surface area (Å²) in [5.74, 6) is 0. The Labute approximate surface area is 125 Å². The van der Waals surface area contributed by atoms with Crippen molar-refractivity contribution in [1.29, 1.82) is 0 Å². The summed E-state index contributed by atoms with van der Waals surface area (Å²) < 4.78 is 1.88. The summed E-state index contributed by atoms with van der Waals surface area (Å²) in [6.07, 6.45) is 3.75. The predicted molar refractivity (Wildman–Crippen MR) is 86.8 cm³/mol. The lowest BCUT2D eigenvalue weighted by molar-refractivity contribution is 0.879. The first kappa shape index (κ1) is 13.4. The summed E-state index contributed by atoms with van der Waals surface area (Å²) in [7, 11) is 0. The van der Waals surface area contributed by atoms with Crippen LogP contribution in [0.2, 0.25) is 0 Å². The molecule has 0 fully saturated rings. The molecule has 0 saturated carbocycles. The van der Waals surface area contributed by atoms with Gasteiger partial charge in [-0.15, -0.1) is 0 Å². The average molecular weight is 277 g/mol. The summed E-state index contributed by atoms with van der Waals surface area (Å²) in [6, 6.07) is 16.8. The highest BCUT2D eigenvalue weighted by Crippen LogP contribution is 2.20. The second-order valence-corrected chi connectivity index (χ2v) is 5.32. The lowest BCUT2D eigenvalue weighted by Gasteiger charge is -2.13. The Morgan fingerprint density at radius 1 is 1.00 bits per heavy atom. The molecule has 0 atom stereocenters. The summed E-state index contributed by atoms with van der Waals surface area (Å²) in [4.78, 5) is 0. The maximum atomic E-state index is 4.31. The second kappa shape index (κ2) is 5.83. The first-order valence-electron chi connectivity index (χ1n) is 7.12. The molecule has 0 aliphatic rings. The van der Waals surface area contributed by atoms with Crippen LogP contribution in [-0.2, 0) is 6.54 Å². The molecule has 3 rings (SSSR count). The van der Waals surface area contributed by atoms with E-state index in [1.165, 1.54) is 16.7 Å². The highest BCUT2D eigenvalue weighted by Gasteiger charge is 2.04. The van der Waals surface area contributed by atoms with Gasteiger partial charge in [0.2, 0.25) is 0 Å². The van der Waals surface area contributed by atoms with Gasteiger partial charge in [0, 0.05) is 18.9 Å². The van der Waals surface area contributed by atoms with Crippen molar-refractivity contribution in [2.75, 3.05) is 5.32 Å². The third-order valence-corrected chi connectivity index (χ3v) is 3.42. The number of nitrogens with zero attached hydrogens (tertiary/aromatic N) is 2. The van der Waals surface area contributed by atoms with E-state index in [0.717, 1.165) is 17.9 Å². The van der Waals surface area contributed by atoms with Crippen molar-refractivity contribution in [2.24, 2.45) is 0 Å². The molecule has 0 radical (unpaired) electrons. The standard InChI is InChI=1S/C18H19N3/c1-14-10-15(2)12-16(11-14)13-19-17-6-3-4-7-18(17)21-9-5-8-20-21/h3-12,19H,13H2,1-2H3. The molecule has 106 valence electrons. The minimum Gasteiger partial charge on any atom is -0.379 e. The largest absolute Gasteiger partial charge is 0.379 e. The Kier molecular flexibility index (Phi) is 3.73. The van der Waals surface area contributed by atoms with Crippen LogP contribution in [-0.4, -0.2) is 9.78 Å². The first-order chi connectivity index (χ1) is 10.2. The van der Waals surface area contributed by atoms with E-state index in [9.17, 15) is 0 Å². The molecule has 3 aromatic rings. The molecular weight excluding hydrogens is 258 g/mol. The molecule has 0 aliphatic carbocycles. The number of benzene rings is 2. The van der Waals surface area contributed by atoms with Gasteiger partial charge in [0.1, 0.15) is 0 Å². The molecular formula is C18H19N3. The maximum absolute atomic E-state index is 4.31. The zero-order valence-electron chi connectivity index (χ0n) is 12.4. The van der Waals surface area contributed by atoms with Crippen LogP contribution in [0.4, 0.5) is 5.69 Å². The van der Waals surface area contributed by atoms with Crippen LogP contribution in [0.5, 0.6) is 0 Å². The van der Waals surface area contributed by atoms with Crippen molar-refractivity contribution in [3.8, 4) is 5.69 Å². The Hall–Kier alpha value is -2.55. The van der Waals surface area contributed by atoms with E-state index in [0.29, 0.717) is 0 Å². The fourth-order valence-electron chi connectivity index (χ4n) is 2.60. The number of aryl methyl sites for hydroxylation is 2. The van der Waals surface area contributed by atoms with E-state index < -0.39 is 0 Å². The molecule has 2 aromatic carbocycles. The van der Waals surface area contributed by atoms with Gasteiger partial charge in [-0.3, -0.25) is 0 Å². The quantitative estimate of drug-likeness (QED) is 0.778. The van der Waals surface area contributed by atoms with Crippen LogP contribution in [0.15, 0.2) is 60.9 Å². The van der Waals surface area contributed by atoms with Crippen LogP contribution in [0.3, 0.4) is 0 Å². The van der Waals surface area contributed by atoms with E-state index in [1.54, 1.807) is 6.20 Å². The fourth-order valence-corrected chi connectivity index (χ4v) is 2.60. The highest BCUT2D eigenvalue weighted by atomic mass is 15.3. The lowest BCUT2D eigenvalue weighted by atomic mass is 10.1. The van der Waals surface area contributed by atoms with Crippen molar-refractivity contribution in [3.05, 3.63) is 77.6 Å². The summed E-state index contributed by atoms with van der Waals surface area (Å²) >= 11 is 0. The molecule has 3 nitrogen and oxygen atoms in total. The van der Waals surface area contributed by atoms with E-state index in [4.69, 9.17) is 0 Å². The van der Waals surface area contributed by atoms with Gasteiger partial charge in [-0.2, -0.15) is 5.10 Å². The van der Waals surface area contributed by atoms with Crippen molar-refractivity contribution in [1.82, 2.24) is 9.78 Å². The summed E-state index contributed by atoms with van der Waals surface area (Å²) in [5.41, 5.74) is 6.04. The molecule has 1 N–H and O–H groups in total. The third-order valence-electron chi connectivity index (χ3n) is 3.42. The number of hydrogen-bond acceptors (Lipinski definition) is 2. The Morgan fingerprint density at radius 2 is 1.76 bits per heavy atom. The van der Waals surface area contributed by atoms with Crippen LogP contribution in [0, 0.1) is 13.8 Å². The summed E-state index contributed by atoms with van der Waals surface area (Å²) in [5, 5.41) is 7.82. The molecule has 0 spiro atoms. The molecule has 0 aliphatic heterocycles. The molecule has 0 unspecified atom stereocenters. The van der Waals surface area contributed by atoms with Crippen molar-refractivity contribution < 1.29 is 0 Å². The topological polar surface area (TPSA) is 29.9 Å². The molecule has 21 heavy (non-hydrogen) atoms. The van der Waals surface area contributed by atoms with Crippen LogP contribution >= 0.6 is 0 Å². The molecule has 0 amide bonds. The molecule has 1 heterocycles. The van der Waals surface area contributed by atoms with Gasteiger partial charge in [-0.05, 0) is 37.6 Å². The number of hydrogen-bond donors (Lipinski definition) is 1. The second-order valence-electron chi connectivity index (χ2n) is 5.32. The highest BCUT2D eigenvalue weighted by molar-refractivity contribution is 5.60. The SMILES string of the molecule is Cc1cc(C)cc(CNc2ccccc2-n2cccn2)c1. The molecule has 0 bridgehead atoms. The Morgan fingerprint density at radius 3 is 2.48 bits per heavy atom. The number of nitrogens with one attached hydrogen (secondary N) is 1. The zero-order chi connectivity index (χ0) is 14.7. The monoisotopic (exact) mass is 277 g/mol. The molecule has 1 aromatic heterocycles. The Bertz CT molecular complexity index is 710. The first-order valence-corrected chi connectivity index (χ1v) is 7.12. The average Bonchev–Trinajstić information content (AvgIpc) is 2.98. The van der Waals surface area contributed by atoms with E-state index in [1.807, 2.05) is 29.1 Å². The van der Waals surface area contributed by atoms with Crippen molar-refractivity contribution in [3.63, 3.8) is 0 Å². The zero-order valence-corrected chi connectivity index (χ0v) is 12.4. The van der Waals surface area contributed by atoms with Crippen LogP contribution in [0.1, 0.15) is 16.7 Å². The predicted octanol–water partition coefficient (Wildman–Crippen LogP) is 4.10. The molecule has 3 heteroatoms. The van der Waals surface area contributed by atoms with Gasteiger partial charge >= 0.3 is 0 Å². The Balaban J connectivity index is 1.82. The van der Waals surface area contributed by atoms with E-state index >= 15 is 0 Å². The van der Waals surface area contributed by atoms with Gasteiger partial charge in [-0.25, -0.2) is 4.68 Å². The number of anilines is 1. The van der Waals surface area contributed by atoms with Crippen molar-refractivity contribution >= 4 is 5.69 Å². The third kappa shape index (κ3) is 3.14. The van der Waals surface area contributed by atoms with Crippen molar-refractivity contribution in [2.45, 2.75) is 20.4 Å². The minimum absolute atomic E-state index is 0.806. The van der Waals surface area contributed by atoms with Gasteiger partial charge in [-0.1, -0.05) is 41.5 Å². The van der Waals surface area contributed by atoms with Gasteiger partial charge in [0.25, 0.3) is 0 Å². The van der Waals surface area contributed by atoms with E-state index in [2.05, 4.69) is 54.6 Å². The van der Waals surface area contributed by atoms with Gasteiger partial charge < -0.3 is 5.32 Å². The van der Waals surface area contributed by atoms with Gasteiger partial charge in [0.05, 0.1) is 11.4 Å².